The molecular formula is C22H27N3O2. The van der Waals surface area contributed by atoms with Crippen LogP contribution in [0.15, 0.2) is 70.3 Å². The van der Waals surface area contributed by atoms with Crippen LogP contribution in [0.25, 0.3) is 10.8 Å². The largest absolute Gasteiger partial charge is 0.466 e. The number of aliphatic imine (C=N–C) groups is 1. The van der Waals surface area contributed by atoms with Crippen molar-refractivity contribution in [1.82, 2.24) is 10.6 Å². The number of hydrogen-bond acceptors (Lipinski definition) is 3. The van der Waals surface area contributed by atoms with E-state index >= 15 is 0 Å². The number of fused-ring (bicyclic) bond motifs is 1. The normalized spacial score (nSPS) is 14.1. The minimum Gasteiger partial charge on any atom is -0.466 e. The second-order valence-electron chi connectivity index (χ2n) is 6.76. The smallest absolute Gasteiger partial charge is 0.191 e. The number of nitrogens with one attached hydrogen (secondary N) is 2. The highest BCUT2D eigenvalue weighted by molar-refractivity contribution is 5.85. The quantitative estimate of drug-likeness (QED) is 0.443. The zero-order chi connectivity index (χ0) is 19.1. The molecule has 142 valence electrons. The van der Waals surface area contributed by atoms with Crippen LogP contribution in [-0.4, -0.2) is 30.7 Å². The molecule has 5 heteroatoms. The second-order valence-corrected chi connectivity index (χ2v) is 6.76. The highest BCUT2D eigenvalue weighted by Gasteiger charge is 2.26. The molecule has 3 aromatic rings. The third-order valence-electron chi connectivity index (χ3n) is 4.51. The van der Waals surface area contributed by atoms with Crippen molar-refractivity contribution in [3.8, 4) is 0 Å². The molecular weight excluding hydrogens is 338 g/mol. The molecule has 0 aliphatic heterocycles. The lowest BCUT2D eigenvalue weighted by atomic mass is 10.0. The third-order valence-corrected chi connectivity index (χ3v) is 4.51. The number of benzene rings is 2. The minimum atomic E-state index is -1.14. The van der Waals surface area contributed by atoms with Gasteiger partial charge in [-0.15, -0.1) is 0 Å². The van der Waals surface area contributed by atoms with Gasteiger partial charge in [0.15, 0.2) is 5.96 Å². The fourth-order valence-electron chi connectivity index (χ4n) is 3.06. The molecule has 0 radical (unpaired) electrons. The van der Waals surface area contributed by atoms with E-state index in [2.05, 4.69) is 58.1 Å². The Balaban J connectivity index is 1.62. The molecule has 1 unspecified atom stereocenters. The van der Waals surface area contributed by atoms with E-state index in [9.17, 15) is 5.11 Å². The molecule has 27 heavy (non-hydrogen) atoms. The summed E-state index contributed by atoms with van der Waals surface area (Å²) in [6.07, 6.45) is 2.45. The summed E-state index contributed by atoms with van der Waals surface area (Å²) in [7, 11) is 0. The Morgan fingerprint density at radius 1 is 1.07 bits per heavy atom. The van der Waals surface area contributed by atoms with Gasteiger partial charge in [0.25, 0.3) is 0 Å². The first-order valence-electron chi connectivity index (χ1n) is 9.35. The van der Waals surface area contributed by atoms with Crippen LogP contribution in [0, 0.1) is 0 Å². The van der Waals surface area contributed by atoms with Gasteiger partial charge in [0.05, 0.1) is 12.8 Å². The summed E-state index contributed by atoms with van der Waals surface area (Å²) in [4.78, 5) is 4.52. The van der Waals surface area contributed by atoms with Crippen LogP contribution in [0.5, 0.6) is 0 Å². The van der Waals surface area contributed by atoms with E-state index in [1.54, 1.807) is 25.3 Å². The Labute approximate surface area is 160 Å². The predicted molar refractivity (Wildman–Crippen MR) is 110 cm³/mol. The summed E-state index contributed by atoms with van der Waals surface area (Å²) in [6, 6.07) is 18.3. The molecule has 1 aromatic heterocycles. The number of hydrogen-bond donors (Lipinski definition) is 3. The van der Waals surface area contributed by atoms with Crippen LogP contribution < -0.4 is 10.6 Å². The fourth-order valence-corrected chi connectivity index (χ4v) is 3.06. The summed E-state index contributed by atoms with van der Waals surface area (Å²) >= 11 is 0. The molecule has 0 fully saturated rings. The third kappa shape index (κ3) is 4.89. The Bertz CT molecular complexity index is 880. The van der Waals surface area contributed by atoms with E-state index in [0.717, 1.165) is 19.5 Å². The van der Waals surface area contributed by atoms with Gasteiger partial charge in [-0.25, -0.2) is 4.99 Å². The second kappa shape index (κ2) is 8.73. The van der Waals surface area contributed by atoms with Crippen molar-refractivity contribution in [2.75, 3.05) is 19.6 Å². The molecule has 0 bridgehead atoms. The molecule has 3 N–H and O–H groups in total. The molecule has 0 saturated heterocycles. The Hall–Kier alpha value is -2.79. The molecule has 5 nitrogen and oxygen atoms in total. The maximum absolute atomic E-state index is 10.6. The van der Waals surface area contributed by atoms with Gasteiger partial charge in [0, 0.05) is 13.1 Å². The van der Waals surface area contributed by atoms with Crippen molar-refractivity contribution in [2.45, 2.75) is 25.9 Å². The number of guanidine groups is 1. The lowest BCUT2D eigenvalue weighted by molar-refractivity contribution is 0.0437. The first-order valence-corrected chi connectivity index (χ1v) is 9.35. The fraction of sp³-hybridized carbons (Fsp3) is 0.318. The highest BCUT2D eigenvalue weighted by atomic mass is 16.4. The standard InChI is InChI=1S/C22H27N3O2/c1-3-23-21(25-16-22(2,26)20-12-7-15-27-20)24-14-13-18-10-6-9-17-8-4-5-11-19(17)18/h4-12,15,26H,3,13-14,16H2,1-2H3,(H2,23,24,25). The van der Waals surface area contributed by atoms with Crippen molar-refractivity contribution >= 4 is 16.7 Å². The van der Waals surface area contributed by atoms with Gasteiger partial charge in [-0.05, 0) is 48.7 Å². The van der Waals surface area contributed by atoms with E-state index in [4.69, 9.17) is 4.42 Å². The maximum Gasteiger partial charge on any atom is 0.191 e. The van der Waals surface area contributed by atoms with Gasteiger partial charge in [-0.2, -0.15) is 0 Å². The molecule has 0 amide bonds. The zero-order valence-electron chi connectivity index (χ0n) is 15.9. The molecule has 0 aliphatic rings. The summed E-state index contributed by atoms with van der Waals surface area (Å²) in [5.74, 6) is 1.20. The van der Waals surface area contributed by atoms with Crippen LogP contribution in [0.2, 0.25) is 0 Å². The van der Waals surface area contributed by atoms with Gasteiger partial charge >= 0.3 is 0 Å². The van der Waals surface area contributed by atoms with E-state index in [1.165, 1.54) is 16.3 Å². The van der Waals surface area contributed by atoms with Crippen LogP contribution in [0.4, 0.5) is 0 Å². The molecule has 0 spiro atoms. The summed E-state index contributed by atoms with van der Waals surface area (Å²) < 4.78 is 5.31. The molecule has 2 aromatic carbocycles. The Kier molecular flexibility index (Phi) is 6.14. The van der Waals surface area contributed by atoms with Gasteiger partial charge in [0.2, 0.25) is 0 Å². The van der Waals surface area contributed by atoms with E-state index < -0.39 is 5.60 Å². The van der Waals surface area contributed by atoms with Crippen LogP contribution in [0.1, 0.15) is 25.2 Å². The predicted octanol–water partition coefficient (Wildman–Crippen LogP) is 3.44. The first kappa shape index (κ1) is 19.0. The van der Waals surface area contributed by atoms with Crippen LogP contribution >= 0.6 is 0 Å². The van der Waals surface area contributed by atoms with Gasteiger partial charge in [-0.3, -0.25) is 0 Å². The van der Waals surface area contributed by atoms with E-state index in [0.29, 0.717) is 11.7 Å². The van der Waals surface area contributed by atoms with Crippen molar-refractivity contribution in [3.05, 3.63) is 72.2 Å². The summed E-state index contributed by atoms with van der Waals surface area (Å²) in [5, 5.41) is 19.7. The first-order chi connectivity index (χ1) is 13.1. The Morgan fingerprint density at radius 3 is 2.67 bits per heavy atom. The van der Waals surface area contributed by atoms with E-state index in [-0.39, 0.29) is 6.54 Å². The molecule has 3 rings (SSSR count). The van der Waals surface area contributed by atoms with Crippen LogP contribution in [-0.2, 0) is 12.0 Å². The Morgan fingerprint density at radius 2 is 1.89 bits per heavy atom. The monoisotopic (exact) mass is 365 g/mol. The lowest BCUT2D eigenvalue weighted by Gasteiger charge is -2.19. The van der Waals surface area contributed by atoms with Crippen molar-refractivity contribution in [2.24, 2.45) is 4.99 Å². The summed E-state index contributed by atoms with van der Waals surface area (Å²) in [5.41, 5.74) is 0.167. The average molecular weight is 365 g/mol. The number of aliphatic hydroxyl groups is 1. The number of rotatable bonds is 7. The number of nitrogens with zero attached hydrogens (tertiary/aromatic N) is 1. The lowest BCUT2D eigenvalue weighted by Crippen LogP contribution is -2.39. The van der Waals surface area contributed by atoms with Gasteiger partial charge in [0.1, 0.15) is 11.4 Å². The molecule has 0 saturated carbocycles. The average Bonchev–Trinajstić information content (AvgIpc) is 3.22. The SMILES string of the molecule is CCNC(=NCC(C)(O)c1ccco1)NCCc1cccc2ccccc12. The van der Waals surface area contributed by atoms with Crippen LogP contribution in [0.3, 0.4) is 0 Å². The minimum absolute atomic E-state index is 0.212. The van der Waals surface area contributed by atoms with E-state index in [1.807, 2.05) is 6.92 Å². The topological polar surface area (TPSA) is 69.8 Å². The molecule has 1 atom stereocenters. The van der Waals surface area contributed by atoms with Gasteiger partial charge in [-0.1, -0.05) is 42.5 Å². The highest BCUT2D eigenvalue weighted by Crippen LogP contribution is 2.21. The molecule has 0 aliphatic carbocycles. The van der Waals surface area contributed by atoms with Crippen molar-refractivity contribution < 1.29 is 9.52 Å². The molecule has 1 heterocycles. The number of furan rings is 1. The zero-order valence-corrected chi connectivity index (χ0v) is 15.9. The summed E-state index contributed by atoms with van der Waals surface area (Å²) in [6.45, 7) is 5.44. The maximum atomic E-state index is 10.6. The van der Waals surface area contributed by atoms with Gasteiger partial charge < -0.3 is 20.2 Å². The van der Waals surface area contributed by atoms with Crippen molar-refractivity contribution in [1.29, 1.82) is 0 Å². The van der Waals surface area contributed by atoms with Crippen molar-refractivity contribution in [3.63, 3.8) is 0 Å².